The molecule has 0 unspecified atom stereocenters. The number of benzene rings is 2. The van der Waals surface area contributed by atoms with Gasteiger partial charge in [-0.05, 0) is 35.9 Å². The first-order valence-electron chi connectivity index (χ1n) is 5.95. The molecule has 0 radical (unpaired) electrons. The SMILES string of the molecule is COc1ccc(Cl)cc1SCc1ccc(C(N)=O)cc1. The predicted octanol–water partition coefficient (Wildman–Crippen LogP) is 3.74. The fourth-order valence-corrected chi connectivity index (χ4v) is 2.95. The van der Waals surface area contributed by atoms with Gasteiger partial charge in [0.15, 0.2) is 0 Å². The van der Waals surface area contributed by atoms with Gasteiger partial charge in [-0.3, -0.25) is 4.79 Å². The van der Waals surface area contributed by atoms with Crippen molar-refractivity contribution in [2.75, 3.05) is 7.11 Å². The number of halogens is 1. The zero-order chi connectivity index (χ0) is 14.5. The maximum atomic E-state index is 11.0. The Balaban J connectivity index is 2.08. The van der Waals surface area contributed by atoms with E-state index in [-0.39, 0.29) is 0 Å². The summed E-state index contributed by atoms with van der Waals surface area (Å²) in [6, 6.07) is 12.8. The van der Waals surface area contributed by atoms with Crippen molar-refractivity contribution in [2.24, 2.45) is 5.73 Å². The monoisotopic (exact) mass is 307 g/mol. The van der Waals surface area contributed by atoms with Crippen LogP contribution < -0.4 is 10.5 Å². The van der Waals surface area contributed by atoms with Crippen molar-refractivity contribution in [1.82, 2.24) is 0 Å². The highest BCUT2D eigenvalue weighted by Gasteiger charge is 2.06. The molecule has 0 aromatic heterocycles. The molecule has 2 aromatic rings. The first kappa shape index (κ1) is 14.8. The Kier molecular flexibility index (Phi) is 4.93. The molecular formula is C15H14ClNO2S. The molecule has 0 aliphatic rings. The zero-order valence-corrected chi connectivity index (χ0v) is 12.5. The summed E-state index contributed by atoms with van der Waals surface area (Å²) in [7, 11) is 1.63. The van der Waals surface area contributed by atoms with Crippen LogP contribution in [-0.4, -0.2) is 13.0 Å². The van der Waals surface area contributed by atoms with Crippen LogP contribution in [-0.2, 0) is 5.75 Å². The number of carbonyl (C=O) groups excluding carboxylic acids is 1. The van der Waals surface area contributed by atoms with Gasteiger partial charge in [-0.2, -0.15) is 0 Å². The lowest BCUT2D eigenvalue weighted by molar-refractivity contribution is 0.100. The Hall–Kier alpha value is -1.65. The highest BCUT2D eigenvalue weighted by molar-refractivity contribution is 7.98. The van der Waals surface area contributed by atoms with E-state index in [4.69, 9.17) is 22.1 Å². The second-order valence-electron chi connectivity index (χ2n) is 4.15. The molecule has 5 heteroatoms. The predicted molar refractivity (Wildman–Crippen MR) is 82.5 cm³/mol. The van der Waals surface area contributed by atoms with E-state index in [2.05, 4.69) is 0 Å². The third-order valence-electron chi connectivity index (χ3n) is 2.76. The molecule has 0 spiro atoms. The third kappa shape index (κ3) is 3.68. The second-order valence-corrected chi connectivity index (χ2v) is 5.60. The number of amides is 1. The molecule has 0 aliphatic carbocycles. The Morgan fingerprint density at radius 1 is 1.25 bits per heavy atom. The summed E-state index contributed by atoms with van der Waals surface area (Å²) >= 11 is 7.62. The fourth-order valence-electron chi connectivity index (χ4n) is 1.69. The molecule has 2 aromatic carbocycles. The minimum atomic E-state index is -0.416. The summed E-state index contributed by atoms with van der Waals surface area (Å²) in [5, 5.41) is 0.678. The number of nitrogens with two attached hydrogens (primary N) is 1. The standard InChI is InChI=1S/C15H14ClNO2S/c1-19-13-7-6-12(16)8-14(13)20-9-10-2-4-11(5-3-10)15(17)18/h2-8H,9H2,1H3,(H2,17,18). The molecule has 0 atom stereocenters. The van der Waals surface area contributed by atoms with Gasteiger partial charge in [-0.1, -0.05) is 23.7 Å². The molecule has 1 amide bonds. The molecule has 0 aliphatic heterocycles. The first-order valence-corrected chi connectivity index (χ1v) is 7.31. The van der Waals surface area contributed by atoms with E-state index in [1.807, 2.05) is 24.3 Å². The average molecular weight is 308 g/mol. The van der Waals surface area contributed by atoms with Gasteiger partial charge in [0.2, 0.25) is 5.91 Å². The van der Waals surface area contributed by atoms with Crippen LogP contribution in [0.4, 0.5) is 0 Å². The van der Waals surface area contributed by atoms with E-state index in [1.54, 1.807) is 37.1 Å². The van der Waals surface area contributed by atoms with Crippen LogP contribution in [0.15, 0.2) is 47.4 Å². The van der Waals surface area contributed by atoms with Crippen LogP contribution >= 0.6 is 23.4 Å². The van der Waals surface area contributed by atoms with Crippen molar-refractivity contribution >= 4 is 29.3 Å². The molecule has 20 heavy (non-hydrogen) atoms. The van der Waals surface area contributed by atoms with Crippen LogP contribution in [0.1, 0.15) is 15.9 Å². The molecule has 2 N–H and O–H groups in total. The molecule has 0 heterocycles. The van der Waals surface area contributed by atoms with Gasteiger partial charge < -0.3 is 10.5 Å². The summed E-state index contributed by atoms with van der Waals surface area (Å²) in [5.74, 6) is 1.14. The number of rotatable bonds is 5. The Morgan fingerprint density at radius 2 is 1.95 bits per heavy atom. The van der Waals surface area contributed by atoms with Crippen LogP contribution in [0, 0.1) is 0 Å². The van der Waals surface area contributed by atoms with E-state index >= 15 is 0 Å². The van der Waals surface area contributed by atoms with Crippen LogP contribution in [0.5, 0.6) is 5.75 Å². The number of methoxy groups -OCH3 is 1. The maximum absolute atomic E-state index is 11.0. The van der Waals surface area contributed by atoms with E-state index < -0.39 is 5.91 Å². The number of thioether (sulfide) groups is 1. The van der Waals surface area contributed by atoms with E-state index in [1.165, 1.54) is 0 Å². The average Bonchev–Trinajstić information content (AvgIpc) is 2.45. The largest absolute Gasteiger partial charge is 0.496 e. The van der Waals surface area contributed by atoms with E-state index in [0.29, 0.717) is 10.6 Å². The van der Waals surface area contributed by atoms with Gasteiger partial charge in [0, 0.05) is 16.3 Å². The molecule has 3 nitrogen and oxygen atoms in total. The summed E-state index contributed by atoms with van der Waals surface area (Å²) < 4.78 is 5.30. The minimum absolute atomic E-state index is 0.416. The van der Waals surface area contributed by atoms with Gasteiger partial charge in [0.05, 0.1) is 12.0 Å². The van der Waals surface area contributed by atoms with Gasteiger partial charge in [0.1, 0.15) is 5.75 Å². The van der Waals surface area contributed by atoms with Crippen molar-refractivity contribution in [3.63, 3.8) is 0 Å². The van der Waals surface area contributed by atoms with Gasteiger partial charge >= 0.3 is 0 Å². The Morgan fingerprint density at radius 3 is 2.55 bits per heavy atom. The number of primary amides is 1. The van der Waals surface area contributed by atoms with Crippen molar-refractivity contribution in [1.29, 1.82) is 0 Å². The highest BCUT2D eigenvalue weighted by atomic mass is 35.5. The van der Waals surface area contributed by atoms with Crippen molar-refractivity contribution < 1.29 is 9.53 Å². The third-order valence-corrected chi connectivity index (χ3v) is 4.10. The van der Waals surface area contributed by atoms with Gasteiger partial charge in [-0.25, -0.2) is 0 Å². The van der Waals surface area contributed by atoms with Crippen LogP contribution in [0.25, 0.3) is 0 Å². The van der Waals surface area contributed by atoms with Crippen LogP contribution in [0.3, 0.4) is 0 Å². The fraction of sp³-hybridized carbons (Fsp3) is 0.133. The van der Waals surface area contributed by atoms with Crippen LogP contribution in [0.2, 0.25) is 5.02 Å². The smallest absolute Gasteiger partial charge is 0.248 e. The lowest BCUT2D eigenvalue weighted by atomic mass is 10.1. The molecule has 104 valence electrons. The lowest BCUT2D eigenvalue weighted by Gasteiger charge is -2.08. The summed E-state index contributed by atoms with van der Waals surface area (Å²) in [6.45, 7) is 0. The first-order chi connectivity index (χ1) is 9.60. The van der Waals surface area contributed by atoms with Gasteiger partial charge in [-0.15, -0.1) is 11.8 Å². The van der Waals surface area contributed by atoms with Crippen molar-refractivity contribution in [2.45, 2.75) is 10.6 Å². The summed E-state index contributed by atoms with van der Waals surface area (Å²) in [6.07, 6.45) is 0. The number of ether oxygens (including phenoxy) is 1. The normalized spacial score (nSPS) is 10.3. The minimum Gasteiger partial charge on any atom is -0.496 e. The summed E-state index contributed by atoms with van der Waals surface area (Å²) in [5.41, 5.74) is 6.82. The molecule has 0 bridgehead atoms. The quantitative estimate of drug-likeness (QED) is 0.856. The highest BCUT2D eigenvalue weighted by Crippen LogP contribution is 2.33. The maximum Gasteiger partial charge on any atom is 0.248 e. The second kappa shape index (κ2) is 6.68. The molecule has 2 rings (SSSR count). The van der Waals surface area contributed by atoms with Crippen molar-refractivity contribution in [3.05, 3.63) is 58.6 Å². The van der Waals surface area contributed by atoms with E-state index in [9.17, 15) is 4.79 Å². The molecular weight excluding hydrogens is 294 g/mol. The topological polar surface area (TPSA) is 52.3 Å². The molecule has 0 saturated carbocycles. The number of hydrogen-bond acceptors (Lipinski definition) is 3. The Bertz CT molecular complexity index is 614. The number of carbonyl (C=O) groups is 1. The zero-order valence-electron chi connectivity index (χ0n) is 10.9. The number of hydrogen-bond donors (Lipinski definition) is 1. The van der Waals surface area contributed by atoms with Gasteiger partial charge in [0.25, 0.3) is 0 Å². The summed E-state index contributed by atoms with van der Waals surface area (Å²) in [4.78, 5) is 12.0. The molecule has 0 fully saturated rings. The molecule has 0 saturated heterocycles. The van der Waals surface area contributed by atoms with Crippen molar-refractivity contribution in [3.8, 4) is 5.75 Å². The lowest BCUT2D eigenvalue weighted by Crippen LogP contribution is -2.10. The Labute approximate surface area is 127 Å². The van der Waals surface area contributed by atoms with E-state index in [0.717, 1.165) is 22.0 Å².